The van der Waals surface area contributed by atoms with Crippen LogP contribution in [0, 0.1) is 0 Å². The van der Waals surface area contributed by atoms with Gasteiger partial charge in [-0.2, -0.15) is 0 Å². The fourth-order valence-corrected chi connectivity index (χ4v) is 1.62. The summed E-state index contributed by atoms with van der Waals surface area (Å²) >= 11 is 4.61. The molecule has 0 radical (unpaired) electrons. The van der Waals surface area contributed by atoms with Gasteiger partial charge >= 0.3 is 0 Å². The van der Waals surface area contributed by atoms with Gasteiger partial charge in [-0.15, -0.1) is 11.8 Å². The molecular weight excluding hydrogens is 240 g/mol. The number of nitrogens with zero attached hydrogens (tertiary/aromatic N) is 1. The minimum atomic E-state index is -0.499. The summed E-state index contributed by atoms with van der Waals surface area (Å²) in [5.41, 5.74) is 5.44. The summed E-state index contributed by atoms with van der Waals surface area (Å²) in [6, 6.07) is 3.58. The average Bonchev–Trinajstić information content (AvgIpc) is 2.04. The van der Waals surface area contributed by atoms with Crippen LogP contribution in [0.4, 0.5) is 0 Å². The number of nitrogens with two attached hydrogens (primary N) is 1. The molecule has 1 amide bonds. The maximum absolute atomic E-state index is 10.9. The second kappa shape index (κ2) is 3.91. The van der Waals surface area contributed by atoms with Crippen molar-refractivity contribution in [3.8, 4) is 0 Å². The van der Waals surface area contributed by atoms with Crippen LogP contribution < -0.4 is 5.73 Å². The molecule has 0 bridgehead atoms. The predicted octanol–water partition coefficient (Wildman–Crippen LogP) is 1.66. The first-order valence-corrected chi connectivity index (χ1v) is 5.17. The normalized spacial score (nSPS) is 9.83. The van der Waals surface area contributed by atoms with Crippen LogP contribution in [0.25, 0.3) is 0 Å². The molecule has 0 atom stereocenters. The Morgan fingerprint density at radius 2 is 2.33 bits per heavy atom. The van der Waals surface area contributed by atoms with Crippen molar-refractivity contribution in [2.24, 2.45) is 5.73 Å². The fourth-order valence-electron chi connectivity index (χ4n) is 0.764. The molecule has 2 N–H and O–H groups in total. The van der Waals surface area contributed by atoms with Gasteiger partial charge in [-0.3, -0.25) is 4.79 Å². The molecule has 1 rings (SSSR count). The Labute approximate surface area is 82.9 Å². The zero-order valence-electron chi connectivity index (χ0n) is 6.37. The molecule has 0 saturated carbocycles. The van der Waals surface area contributed by atoms with E-state index in [0.717, 1.165) is 4.90 Å². The third-order valence-electron chi connectivity index (χ3n) is 1.28. The van der Waals surface area contributed by atoms with Crippen LogP contribution in [0.2, 0.25) is 0 Å². The molecule has 0 aromatic carbocycles. The maximum atomic E-state index is 10.9. The number of rotatable bonds is 2. The minimum absolute atomic E-state index is 0.317. The third kappa shape index (κ3) is 1.98. The van der Waals surface area contributed by atoms with Crippen molar-refractivity contribution in [1.82, 2.24) is 4.98 Å². The van der Waals surface area contributed by atoms with Crippen LogP contribution in [0.3, 0.4) is 0 Å². The molecule has 1 aromatic rings. The van der Waals surface area contributed by atoms with Gasteiger partial charge in [0, 0.05) is 4.90 Å². The lowest BCUT2D eigenvalue weighted by atomic mass is 10.3. The van der Waals surface area contributed by atoms with E-state index >= 15 is 0 Å². The number of carbonyl (C=O) groups excluding carboxylic acids is 1. The summed E-state index contributed by atoms with van der Waals surface area (Å²) in [6.45, 7) is 0. The number of carbonyl (C=O) groups is 1. The van der Waals surface area contributed by atoms with Gasteiger partial charge in [0.1, 0.15) is 10.3 Å². The lowest BCUT2D eigenvalue weighted by Gasteiger charge is -2.01. The van der Waals surface area contributed by atoms with Crippen molar-refractivity contribution in [3.63, 3.8) is 0 Å². The Hall–Kier alpha value is -0.550. The Morgan fingerprint density at radius 3 is 2.83 bits per heavy atom. The Kier molecular flexibility index (Phi) is 3.11. The van der Waals surface area contributed by atoms with Crippen molar-refractivity contribution >= 4 is 33.6 Å². The number of hydrogen-bond acceptors (Lipinski definition) is 3. The zero-order chi connectivity index (χ0) is 9.14. The number of hydrogen-bond donors (Lipinski definition) is 1. The lowest BCUT2D eigenvalue weighted by molar-refractivity contribution is 0.0992. The first kappa shape index (κ1) is 9.54. The second-order valence-corrected chi connectivity index (χ2v) is 3.71. The van der Waals surface area contributed by atoms with Crippen LogP contribution in [-0.2, 0) is 0 Å². The lowest BCUT2D eigenvalue weighted by Crippen LogP contribution is -2.14. The molecule has 0 aliphatic carbocycles. The van der Waals surface area contributed by atoms with Gasteiger partial charge in [0.2, 0.25) is 0 Å². The van der Waals surface area contributed by atoms with E-state index in [1.54, 1.807) is 6.07 Å². The number of halogens is 1. The molecule has 0 unspecified atom stereocenters. The van der Waals surface area contributed by atoms with Crippen molar-refractivity contribution < 1.29 is 4.79 Å². The van der Waals surface area contributed by atoms with E-state index in [1.807, 2.05) is 12.3 Å². The Balaban J connectivity index is 3.21. The Bertz CT molecular complexity index is 316. The zero-order valence-corrected chi connectivity index (χ0v) is 8.78. The summed E-state index contributed by atoms with van der Waals surface area (Å²) in [7, 11) is 0. The average molecular weight is 247 g/mol. The fraction of sp³-hybridized carbons (Fsp3) is 0.143. The quantitative estimate of drug-likeness (QED) is 0.638. The second-order valence-electron chi connectivity index (χ2n) is 2.05. The number of pyridine rings is 1. The van der Waals surface area contributed by atoms with Crippen molar-refractivity contribution in [2.75, 3.05) is 6.26 Å². The molecular formula is C7H7BrN2OS. The summed E-state index contributed by atoms with van der Waals surface area (Å²) in [6.07, 6.45) is 1.87. The van der Waals surface area contributed by atoms with E-state index in [1.165, 1.54) is 11.8 Å². The van der Waals surface area contributed by atoms with Gasteiger partial charge in [0.05, 0.1) is 0 Å². The largest absolute Gasteiger partial charge is 0.364 e. The number of thioether (sulfide) groups is 1. The van der Waals surface area contributed by atoms with Gasteiger partial charge in [0.25, 0.3) is 5.91 Å². The van der Waals surface area contributed by atoms with Crippen molar-refractivity contribution in [1.29, 1.82) is 0 Å². The summed E-state index contributed by atoms with van der Waals surface area (Å²) in [4.78, 5) is 15.6. The third-order valence-corrected chi connectivity index (χ3v) is 2.49. The highest BCUT2D eigenvalue weighted by molar-refractivity contribution is 9.10. The van der Waals surface area contributed by atoms with E-state index in [2.05, 4.69) is 20.9 Å². The molecule has 12 heavy (non-hydrogen) atoms. The molecule has 0 saturated heterocycles. The van der Waals surface area contributed by atoms with Gasteiger partial charge in [-0.1, -0.05) is 0 Å². The molecule has 1 aromatic heterocycles. The summed E-state index contributed by atoms with van der Waals surface area (Å²) < 4.78 is 0.620. The minimum Gasteiger partial charge on any atom is -0.364 e. The first-order chi connectivity index (χ1) is 5.65. The standard InChI is InChI=1S/C7H7BrN2OS/c1-12-4-2-3-5(8)10-6(4)7(9)11/h2-3H,1H3,(H2,9,11). The number of aromatic nitrogens is 1. The molecule has 1 heterocycles. The van der Waals surface area contributed by atoms with E-state index in [4.69, 9.17) is 5.73 Å². The SMILES string of the molecule is CSc1ccc(Br)nc1C(N)=O. The predicted molar refractivity (Wildman–Crippen MR) is 52.2 cm³/mol. The molecule has 0 spiro atoms. The Morgan fingerprint density at radius 1 is 1.67 bits per heavy atom. The van der Waals surface area contributed by atoms with Crippen LogP contribution in [0.1, 0.15) is 10.5 Å². The smallest absolute Gasteiger partial charge is 0.268 e. The number of amides is 1. The van der Waals surface area contributed by atoms with Gasteiger partial charge < -0.3 is 5.73 Å². The van der Waals surface area contributed by atoms with Gasteiger partial charge in [0.15, 0.2) is 0 Å². The van der Waals surface area contributed by atoms with Crippen LogP contribution in [-0.4, -0.2) is 17.1 Å². The number of primary amides is 1. The van der Waals surface area contributed by atoms with Crippen LogP contribution >= 0.6 is 27.7 Å². The molecule has 5 heteroatoms. The molecule has 64 valence electrons. The molecule has 3 nitrogen and oxygen atoms in total. The monoisotopic (exact) mass is 246 g/mol. The maximum Gasteiger partial charge on any atom is 0.268 e. The van der Waals surface area contributed by atoms with Crippen LogP contribution in [0.15, 0.2) is 21.6 Å². The van der Waals surface area contributed by atoms with E-state index in [0.29, 0.717) is 10.3 Å². The molecule has 0 aliphatic heterocycles. The van der Waals surface area contributed by atoms with E-state index in [9.17, 15) is 4.79 Å². The van der Waals surface area contributed by atoms with Crippen molar-refractivity contribution in [2.45, 2.75) is 4.90 Å². The first-order valence-electron chi connectivity index (χ1n) is 3.15. The summed E-state index contributed by atoms with van der Waals surface area (Å²) in [5, 5.41) is 0. The van der Waals surface area contributed by atoms with Crippen molar-refractivity contribution in [3.05, 3.63) is 22.4 Å². The molecule has 0 fully saturated rings. The van der Waals surface area contributed by atoms with Gasteiger partial charge in [-0.25, -0.2) is 4.98 Å². The van der Waals surface area contributed by atoms with Crippen LogP contribution in [0.5, 0.6) is 0 Å². The topological polar surface area (TPSA) is 56.0 Å². The van der Waals surface area contributed by atoms with E-state index in [-0.39, 0.29) is 0 Å². The highest BCUT2D eigenvalue weighted by atomic mass is 79.9. The van der Waals surface area contributed by atoms with E-state index < -0.39 is 5.91 Å². The van der Waals surface area contributed by atoms with Gasteiger partial charge in [-0.05, 0) is 34.3 Å². The molecule has 0 aliphatic rings. The highest BCUT2D eigenvalue weighted by Crippen LogP contribution is 2.20. The summed E-state index contributed by atoms with van der Waals surface area (Å²) in [5.74, 6) is -0.499. The highest BCUT2D eigenvalue weighted by Gasteiger charge is 2.08.